The Balaban J connectivity index is -0.000000396. The second-order valence-corrected chi connectivity index (χ2v) is 91.0. The van der Waals surface area contributed by atoms with Gasteiger partial charge in [0.25, 0.3) is 5.97 Å². The molecule has 33 heteroatoms. The zero-order valence-electron chi connectivity index (χ0n) is 82.9. The van der Waals surface area contributed by atoms with Crippen molar-refractivity contribution >= 4 is 144 Å². The molecule has 0 bridgehead atoms. The third-order valence-electron chi connectivity index (χ3n) is 20.8. The molecule has 0 aromatic heterocycles. The molecule has 21 nitrogen and oxygen atoms in total. The minimum atomic E-state index is -2.13. The van der Waals surface area contributed by atoms with Gasteiger partial charge in [0, 0.05) is 98.0 Å². The second kappa shape index (κ2) is 67.7. The van der Waals surface area contributed by atoms with Crippen LogP contribution < -0.4 is 0 Å². The van der Waals surface area contributed by atoms with Crippen molar-refractivity contribution in [2.45, 2.75) is 392 Å². The predicted octanol–water partition coefficient (Wildman–Crippen LogP) is 23.8. The number of rotatable bonds is 66. The van der Waals surface area contributed by atoms with Gasteiger partial charge in [0.15, 0.2) is 50.6 Å². The molecule has 3 atom stereocenters. The van der Waals surface area contributed by atoms with Crippen LogP contribution in [0.2, 0.25) is 203 Å². The van der Waals surface area contributed by atoms with Crippen LogP contribution in [0, 0.1) is 0 Å². The van der Waals surface area contributed by atoms with E-state index in [-0.39, 0.29) is 74.7 Å². The van der Waals surface area contributed by atoms with E-state index in [1.54, 1.807) is 6.08 Å². The molecule has 0 amide bonds. The molecule has 0 fully saturated rings. The van der Waals surface area contributed by atoms with Gasteiger partial charge in [0.1, 0.15) is 13.5 Å². The van der Waals surface area contributed by atoms with Crippen molar-refractivity contribution < 1.29 is 120 Å². The van der Waals surface area contributed by atoms with Crippen molar-refractivity contribution in [1.82, 2.24) is 0 Å². The van der Waals surface area contributed by atoms with Crippen LogP contribution in [0.15, 0.2) is 85.6 Å². The molecule has 720 valence electrons. The van der Waals surface area contributed by atoms with Gasteiger partial charge in [-0.2, -0.15) is 0 Å². The van der Waals surface area contributed by atoms with E-state index < -0.39 is 97.2 Å². The Hall–Kier alpha value is -3.48. The smallest absolute Gasteiger partial charge is 0.333 e. The summed E-state index contributed by atoms with van der Waals surface area (Å²) in [5, 5.41) is 9.58. The zero-order chi connectivity index (χ0) is 94.3. The Morgan fingerprint density at radius 3 is 0.837 bits per heavy atom. The molecule has 0 aliphatic rings. The van der Waals surface area contributed by atoms with Gasteiger partial charge >= 0.3 is 41.8 Å². The van der Waals surface area contributed by atoms with Gasteiger partial charge in [-0.15, -0.1) is 6.58 Å². The molecule has 0 aromatic rings. The zero-order valence-corrected chi connectivity index (χ0v) is 96.3. The SMILES string of the molecule is C=C(CC)C(=O)OCCCC[Si](C)(C)C[SiH](C)O[Si](C)(C)CCCCOC(=O)C(=C)CC.C=C(CC)C(=O)OCCCC[Si](C)(C)C[Si](C)(CCCC(=O)O)O[Si](C)(C)CCCCOC(=O)C(=C)CC.C=C(CC)C(=O)OCCCC[Si](C)(C)C[Si](C)(CCCC(=O)O[Si](C)(C)C)O[Si](C)(C)CCCCOC(=O)C(=C)CC.C=CCC(=O)[Si](C)(C)C.O.[Pt]. The summed E-state index contributed by atoms with van der Waals surface area (Å²) < 4.78 is 58.5. The molecule has 0 rings (SSSR count). The maximum Gasteiger partial charge on any atom is 0.333 e. The number of unbranched alkanes of at least 4 members (excludes halogenated alkanes) is 6. The average Bonchev–Trinajstić information content (AvgIpc) is 0.825. The van der Waals surface area contributed by atoms with Crippen molar-refractivity contribution in [3.05, 3.63) is 85.6 Å². The molecule has 0 aliphatic carbocycles. The van der Waals surface area contributed by atoms with E-state index in [1.165, 1.54) is 11.7 Å². The number of hydrogen-bond acceptors (Lipinski definition) is 19. The first-order valence-electron chi connectivity index (χ1n) is 45.4. The number of esters is 6. The molecule has 3 N–H and O–H groups in total. The Bertz CT molecular complexity index is 3040. The molecule has 0 saturated heterocycles. The van der Waals surface area contributed by atoms with E-state index in [2.05, 4.69) is 164 Å². The number of ether oxygens (including phenoxy) is 6. The number of carboxylic acids is 1. The third kappa shape index (κ3) is 73.0. The number of carboxylic acid groups (broad SMARTS) is 1. The van der Waals surface area contributed by atoms with E-state index in [0.29, 0.717) is 136 Å². The van der Waals surface area contributed by atoms with Crippen LogP contribution in [0.5, 0.6) is 0 Å². The van der Waals surface area contributed by atoms with Crippen LogP contribution in [-0.4, -0.2) is 195 Å². The van der Waals surface area contributed by atoms with Gasteiger partial charge in [-0.05, 0) is 216 Å². The molecule has 0 saturated carbocycles. The number of carbonyl (C=O) groups is 9. The van der Waals surface area contributed by atoms with E-state index in [9.17, 15) is 48.3 Å². The molecule has 0 heterocycles. The summed E-state index contributed by atoms with van der Waals surface area (Å²) in [4.78, 5) is 105. The van der Waals surface area contributed by atoms with Gasteiger partial charge in [0.2, 0.25) is 8.32 Å². The number of aliphatic carboxylic acids is 1. The van der Waals surface area contributed by atoms with Gasteiger partial charge in [-0.3, -0.25) is 9.59 Å². The fourth-order valence-electron chi connectivity index (χ4n) is 14.1. The topological polar surface area (TPSA) is 298 Å². The van der Waals surface area contributed by atoms with Crippen LogP contribution in [0.3, 0.4) is 0 Å². The van der Waals surface area contributed by atoms with Crippen LogP contribution in [0.1, 0.15) is 189 Å². The quantitative estimate of drug-likeness (QED) is 0.0148. The third-order valence-corrected chi connectivity index (χ3v) is 69.1. The molecule has 3 unspecified atom stereocenters. The summed E-state index contributed by atoms with van der Waals surface area (Å²) in [5.74, 6) is -2.55. The van der Waals surface area contributed by atoms with Crippen molar-refractivity contribution in [3.8, 4) is 0 Å². The predicted molar refractivity (Wildman–Crippen MR) is 537 cm³/mol. The Morgan fingerprint density at radius 1 is 0.350 bits per heavy atom. The Morgan fingerprint density at radius 2 is 0.602 bits per heavy atom. The molecular weight excluding hydrogens is 1920 g/mol. The molecule has 0 radical (unpaired) electrons. The number of carbonyl (C=O) groups excluding carboxylic acids is 8. The van der Waals surface area contributed by atoms with Crippen LogP contribution in [0.25, 0.3) is 0 Å². The van der Waals surface area contributed by atoms with E-state index in [0.717, 1.165) is 137 Å². The minimum absolute atomic E-state index is 0. The Kier molecular flexibility index (Phi) is 71.7. The summed E-state index contributed by atoms with van der Waals surface area (Å²) in [7, 11) is -19.0. The van der Waals surface area contributed by atoms with Gasteiger partial charge in [-0.1, -0.05) is 203 Å². The first-order chi connectivity index (χ1) is 55.6. The van der Waals surface area contributed by atoms with Gasteiger partial charge in [-0.25, -0.2) is 28.8 Å². The second-order valence-electron chi connectivity index (χ2n) is 39.5. The summed E-state index contributed by atoms with van der Waals surface area (Å²) in [6.07, 6.45) is 19.2. The van der Waals surface area contributed by atoms with E-state index >= 15 is 0 Å². The summed E-state index contributed by atoms with van der Waals surface area (Å²) in [5.41, 5.74) is 6.65. The number of allylic oxidation sites excluding steroid dienone is 1. The van der Waals surface area contributed by atoms with Crippen LogP contribution >= 0.6 is 0 Å². The largest absolute Gasteiger partial charge is 0.520 e. The molecular formula is C90H180O21PtSi11. The van der Waals surface area contributed by atoms with Gasteiger partial charge in [0.05, 0.1) is 39.6 Å². The fraction of sp³-hybridized carbons (Fsp3) is 0.744. The summed E-state index contributed by atoms with van der Waals surface area (Å²) in [6.45, 7) is 87.6. The monoisotopic (exact) mass is 2100 g/mol. The van der Waals surface area contributed by atoms with Crippen molar-refractivity contribution in [3.63, 3.8) is 0 Å². The average molecular weight is 2100 g/mol. The van der Waals surface area contributed by atoms with Crippen LogP contribution in [-0.2, 0) is 109 Å². The van der Waals surface area contributed by atoms with E-state index in [1.807, 2.05) is 61.2 Å². The molecule has 123 heavy (non-hydrogen) atoms. The van der Waals surface area contributed by atoms with Crippen molar-refractivity contribution in [2.24, 2.45) is 0 Å². The van der Waals surface area contributed by atoms with Crippen LogP contribution in [0.4, 0.5) is 0 Å². The summed E-state index contributed by atoms with van der Waals surface area (Å²) >= 11 is 0. The molecule has 0 aliphatic heterocycles. The minimum Gasteiger partial charge on any atom is -0.520 e. The summed E-state index contributed by atoms with van der Waals surface area (Å²) in [6, 6.07) is 8.43. The molecule has 0 aromatic carbocycles. The van der Waals surface area contributed by atoms with E-state index in [4.69, 9.17) is 45.2 Å². The fourth-order valence-corrected chi connectivity index (χ4v) is 70.6. The maximum atomic E-state index is 12.5. The standard InChI is InChI=1S/C31H62O7Si4.C28H54O7Si3.C24H48O5Si3.C7H14OSi.H2O.Pt/c1-13-27(3)30(33)35-21-15-17-23-40(8,9)26-42(12,25-19-20-29(32)37-39(5,6)7)38-41(10,11)24-18-16-22-36-31(34)28(4)14-2;1-10-24(3)27(31)33-18-12-14-20-36(5,6)23-38(9,22-16-17-26(29)30)35-37(7,8)21-15-13-19-34-28(32)25(4)11-2;1-10-21(3)23(25)27-16-12-14-18-31(6,7)20-30(5)29-32(8,9)19-15-13-17-28-24(26)22(4)11-2;1-5-6-7(8)9(2,3)4;;/h3-4,13-26H2,1-2,5-12H3;3-4,10-23H2,1-2,5-9H3,(H,29,30);30H,3-4,10-20H2,1-2,5-9H3;5H,1,6H2,2-4H3;1H2;. The van der Waals surface area contributed by atoms with Crippen molar-refractivity contribution in [1.29, 1.82) is 0 Å². The number of hydrogen-bond donors (Lipinski definition) is 1. The first kappa shape index (κ1) is 130. The van der Waals surface area contributed by atoms with Crippen molar-refractivity contribution in [2.75, 3.05) is 39.6 Å². The first-order valence-corrected chi connectivity index (χ1v) is 80.0. The molecule has 0 spiro atoms. The maximum absolute atomic E-state index is 12.5. The normalized spacial score (nSPS) is 13.0. The Labute approximate surface area is 775 Å². The van der Waals surface area contributed by atoms with Gasteiger partial charge < -0.3 is 60.6 Å².